The molecule has 0 aliphatic heterocycles. The van der Waals surface area contributed by atoms with Gasteiger partial charge in [0.15, 0.2) is 5.84 Å². The molecule has 0 aliphatic carbocycles. The van der Waals surface area contributed by atoms with Crippen LogP contribution in [0.2, 0.25) is 0 Å². The summed E-state index contributed by atoms with van der Waals surface area (Å²) < 4.78 is 5.68. The summed E-state index contributed by atoms with van der Waals surface area (Å²) in [5.41, 5.74) is 7.80. The Morgan fingerprint density at radius 2 is 1.90 bits per heavy atom. The summed E-state index contributed by atoms with van der Waals surface area (Å²) in [7, 11) is 0. The second-order valence-electron chi connectivity index (χ2n) is 4.14. The lowest BCUT2D eigenvalue weighted by Crippen LogP contribution is -2.14. The first-order chi connectivity index (χ1) is 9.78. The Balaban J connectivity index is 1.99. The molecular weight excluding hydrogens is 256 g/mol. The lowest BCUT2D eigenvalue weighted by Gasteiger charge is -2.07. The SMILES string of the molecule is N/C(=N\O)c1ccccc1Oc1nc2ccccc2[nH]1. The summed E-state index contributed by atoms with van der Waals surface area (Å²) in [5.74, 6) is 0.443. The number of oxime groups is 1. The maximum atomic E-state index is 8.78. The van der Waals surface area contributed by atoms with Crippen molar-refractivity contribution in [2.75, 3.05) is 0 Å². The first-order valence-electron chi connectivity index (χ1n) is 5.97. The molecule has 0 amide bonds. The van der Waals surface area contributed by atoms with Gasteiger partial charge in [0.2, 0.25) is 0 Å². The van der Waals surface area contributed by atoms with E-state index in [2.05, 4.69) is 15.1 Å². The van der Waals surface area contributed by atoms with E-state index in [0.29, 0.717) is 17.3 Å². The molecule has 3 rings (SSSR count). The zero-order valence-corrected chi connectivity index (χ0v) is 10.4. The van der Waals surface area contributed by atoms with Gasteiger partial charge in [0.25, 0.3) is 6.01 Å². The minimum atomic E-state index is -0.0169. The van der Waals surface area contributed by atoms with E-state index >= 15 is 0 Å². The summed E-state index contributed by atoms with van der Waals surface area (Å²) in [4.78, 5) is 7.37. The second kappa shape index (κ2) is 4.93. The van der Waals surface area contributed by atoms with Gasteiger partial charge in [0, 0.05) is 0 Å². The van der Waals surface area contributed by atoms with E-state index < -0.39 is 0 Å². The van der Waals surface area contributed by atoms with Crippen molar-refractivity contribution in [2.24, 2.45) is 10.9 Å². The van der Waals surface area contributed by atoms with E-state index in [1.165, 1.54) is 0 Å². The van der Waals surface area contributed by atoms with Gasteiger partial charge in [-0.2, -0.15) is 4.98 Å². The van der Waals surface area contributed by atoms with Gasteiger partial charge in [-0.3, -0.25) is 0 Å². The highest BCUT2D eigenvalue weighted by Gasteiger charge is 2.10. The number of nitrogens with two attached hydrogens (primary N) is 1. The zero-order chi connectivity index (χ0) is 13.9. The van der Waals surface area contributed by atoms with Crippen LogP contribution < -0.4 is 10.5 Å². The summed E-state index contributed by atoms with van der Waals surface area (Å²) in [6.45, 7) is 0. The molecule has 3 aromatic rings. The van der Waals surface area contributed by atoms with Crippen LogP contribution in [0.25, 0.3) is 11.0 Å². The van der Waals surface area contributed by atoms with Gasteiger partial charge in [-0.15, -0.1) is 0 Å². The third-order valence-corrected chi connectivity index (χ3v) is 2.85. The number of aromatic amines is 1. The standard InChI is InChI=1S/C14H12N4O2/c15-13(18-19)9-5-1-4-8-12(9)20-14-16-10-6-2-3-7-11(10)17-14/h1-8,19H,(H2,15,18)(H,16,17). The molecule has 4 N–H and O–H groups in total. The molecule has 6 heteroatoms. The number of benzene rings is 2. The second-order valence-corrected chi connectivity index (χ2v) is 4.14. The Hall–Kier alpha value is -3.02. The minimum Gasteiger partial charge on any atom is -0.425 e. The normalized spacial score (nSPS) is 11.7. The Bertz CT molecular complexity index is 746. The third-order valence-electron chi connectivity index (χ3n) is 2.85. The highest BCUT2D eigenvalue weighted by atomic mass is 16.5. The van der Waals surface area contributed by atoms with Crippen LogP contribution in [-0.2, 0) is 0 Å². The number of rotatable bonds is 3. The molecule has 1 heterocycles. The molecule has 0 saturated carbocycles. The summed E-state index contributed by atoms with van der Waals surface area (Å²) in [5, 5.41) is 11.8. The topological polar surface area (TPSA) is 96.5 Å². The molecule has 100 valence electrons. The Morgan fingerprint density at radius 3 is 2.70 bits per heavy atom. The number of fused-ring (bicyclic) bond motifs is 1. The van der Waals surface area contributed by atoms with Crippen LogP contribution in [0.5, 0.6) is 11.8 Å². The molecule has 6 nitrogen and oxygen atoms in total. The number of H-pyrrole nitrogens is 1. The highest BCUT2D eigenvalue weighted by Crippen LogP contribution is 2.24. The first kappa shape index (κ1) is 12.0. The maximum Gasteiger partial charge on any atom is 0.300 e. The van der Waals surface area contributed by atoms with Gasteiger partial charge in [-0.1, -0.05) is 29.4 Å². The Labute approximate surface area is 114 Å². The number of nitrogens with one attached hydrogen (secondary N) is 1. The smallest absolute Gasteiger partial charge is 0.300 e. The molecule has 2 aromatic carbocycles. The van der Waals surface area contributed by atoms with E-state index in [9.17, 15) is 0 Å². The van der Waals surface area contributed by atoms with Crippen LogP contribution in [0.3, 0.4) is 0 Å². The first-order valence-corrected chi connectivity index (χ1v) is 5.97. The van der Waals surface area contributed by atoms with Crippen LogP contribution in [0.4, 0.5) is 0 Å². The van der Waals surface area contributed by atoms with Crippen LogP contribution in [0.15, 0.2) is 53.7 Å². The number of hydrogen-bond acceptors (Lipinski definition) is 4. The number of nitrogens with zero attached hydrogens (tertiary/aromatic N) is 2. The van der Waals surface area contributed by atoms with Crippen molar-refractivity contribution in [1.29, 1.82) is 0 Å². The highest BCUT2D eigenvalue weighted by molar-refractivity contribution is 5.99. The van der Waals surface area contributed by atoms with Crippen molar-refractivity contribution in [1.82, 2.24) is 9.97 Å². The van der Waals surface area contributed by atoms with E-state index in [0.717, 1.165) is 11.0 Å². The average Bonchev–Trinajstić information content (AvgIpc) is 2.89. The fourth-order valence-corrected chi connectivity index (χ4v) is 1.90. The minimum absolute atomic E-state index is 0.0169. The quantitative estimate of drug-likeness (QED) is 0.294. The van der Waals surface area contributed by atoms with Crippen molar-refractivity contribution in [3.63, 3.8) is 0 Å². The number of amidine groups is 1. The van der Waals surface area contributed by atoms with Crippen LogP contribution in [0, 0.1) is 0 Å². The molecule has 0 atom stereocenters. The van der Waals surface area contributed by atoms with Crippen LogP contribution in [-0.4, -0.2) is 21.0 Å². The largest absolute Gasteiger partial charge is 0.425 e. The lowest BCUT2D eigenvalue weighted by molar-refractivity contribution is 0.318. The molecule has 1 aromatic heterocycles. The maximum absolute atomic E-state index is 8.78. The van der Waals surface area contributed by atoms with Crippen molar-refractivity contribution in [3.05, 3.63) is 54.1 Å². The zero-order valence-electron chi connectivity index (χ0n) is 10.4. The molecule has 0 saturated heterocycles. The monoisotopic (exact) mass is 268 g/mol. The number of imidazole rings is 1. The fraction of sp³-hybridized carbons (Fsp3) is 0. The Morgan fingerprint density at radius 1 is 1.15 bits per heavy atom. The van der Waals surface area contributed by atoms with E-state index in [4.69, 9.17) is 15.7 Å². The molecule has 0 fully saturated rings. The summed E-state index contributed by atoms with van der Waals surface area (Å²) in [6, 6.07) is 15.0. The predicted octanol–water partition coefficient (Wildman–Crippen LogP) is 2.45. The molecule has 20 heavy (non-hydrogen) atoms. The summed E-state index contributed by atoms with van der Waals surface area (Å²) >= 11 is 0. The van der Waals surface area contributed by atoms with E-state index in [1.807, 2.05) is 24.3 Å². The van der Waals surface area contributed by atoms with Crippen molar-refractivity contribution < 1.29 is 9.94 Å². The molecule has 0 aliphatic rings. The van der Waals surface area contributed by atoms with E-state index in [1.54, 1.807) is 24.3 Å². The van der Waals surface area contributed by atoms with Gasteiger partial charge in [-0.25, -0.2) is 0 Å². The van der Waals surface area contributed by atoms with Gasteiger partial charge in [0.1, 0.15) is 5.75 Å². The molecule has 0 radical (unpaired) electrons. The molecule has 0 spiro atoms. The van der Waals surface area contributed by atoms with E-state index in [-0.39, 0.29) is 5.84 Å². The number of aromatic nitrogens is 2. The van der Waals surface area contributed by atoms with Crippen LogP contribution >= 0.6 is 0 Å². The summed E-state index contributed by atoms with van der Waals surface area (Å²) in [6.07, 6.45) is 0. The van der Waals surface area contributed by atoms with Gasteiger partial charge >= 0.3 is 0 Å². The van der Waals surface area contributed by atoms with Gasteiger partial charge in [-0.05, 0) is 24.3 Å². The third kappa shape index (κ3) is 2.14. The number of ether oxygens (including phenoxy) is 1. The number of hydrogen-bond donors (Lipinski definition) is 3. The van der Waals surface area contributed by atoms with Crippen molar-refractivity contribution in [2.45, 2.75) is 0 Å². The van der Waals surface area contributed by atoms with Gasteiger partial charge in [0.05, 0.1) is 16.6 Å². The predicted molar refractivity (Wildman–Crippen MR) is 75.1 cm³/mol. The fourth-order valence-electron chi connectivity index (χ4n) is 1.90. The van der Waals surface area contributed by atoms with Crippen molar-refractivity contribution >= 4 is 16.9 Å². The van der Waals surface area contributed by atoms with Crippen molar-refractivity contribution in [3.8, 4) is 11.8 Å². The molecule has 0 unspecified atom stereocenters. The molecular formula is C14H12N4O2. The Kier molecular flexibility index (Phi) is 2.96. The number of para-hydroxylation sites is 3. The average molecular weight is 268 g/mol. The van der Waals surface area contributed by atoms with Crippen LogP contribution in [0.1, 0.15) is 5.56 Å². The lowest BCUT2D eigenvalue weighted by atomic mass is 10.2. The molecule has 0 bridgehead atoms. The van der Waals surface area contributed by atoms with Gasteiger partial charge < -0.3 is 20.7 Å².